The summed E-state index contributed by atoms with van der Waals surface area (Å²) >= 11 is 6.87. The third kappa shape index (κ3) is 3.50. The van der Waals surface area contributed by atoms with Crippen LogP contribution in [0.5, 0.6) is 0 Å². The molecule has 1 heteroatoms. The number of fused-ring (bicyclic) bond motifs is 3. The van der Waals surface area contributed by atoms with Crippen molar-refractivity contribution >= 4 is 33.1 Å². The summed E-state index contributed by atoms with van der Waals surface area (Å²) in [5, 5.41) is 5.80. The van der Waals surface area contributed by atoms with Gasteiger partial charge in [0.25, 0.3) is 0 Å². The van der Waals surface area contributed by atoms with E-state index in [9.17, 15) is 0 Å². The summed E-state index contributed by atoms with van der Waals surface area (Å²) in [6.07, 6.45) is 0. The molecule has 6 aromatic carbocycles. The molecule has 0 unspecified atom stereocenters. The van der Waals surface area contributed by atoms with Gasteiger partial charge in [0.05, 0.1) is 0 Å². The highest BCUT2D eigenvalue weighted by atomic mass is 35.5. The van der Waals surface area contributed by atoms with Gasteiger partial charge in [0.1, 0.15) is 0 Å². The van der Waals surface area contributed by atoms with Gasteiger partial charge in [0.15, 0.2) is 0 Å². The van der Waals surface area contributed by atoms with E-state index in [2.05, 4.69) is 115 Å². The van der Waals surface area contributed by atoms with E-state index in [0.717, 1.165) is 27.3 Å². The van der Waals surface area contributed by atoms with Crippen molar-refractivity contribution in [3.05, 3.63) is 132 Å². The van der Waals surface area contributed by atoms with Gasteiger partial charge in [-0.3, -0.25) is 0 Å². The van der Waals surface area contributed by atoms with E-state index in [1.165, 1.54) is 32.7 Å². The van der Waals surface area contributed by atoms with Gasteiger partial charge in [-0.05, 0) is 61.5 Å². The summed E-state index contributed by atoms with van der Waals surface area (Å²) in [5.74, 6) is 0. The molecule has 0 saturated carbocycles. The van der Waals surface area contributed by atoms with Crippen molar-refractivity contribution in [3.63, 3.8) is 0 Å². The zero-order valence-corrected chi connectivity index (χ0v) is 18.8. The molecule has 156 valence electrons. The first kappa shape index (κ1) is 19.8. The number of hydrogen-bond acceptors (Lipinski definition) is 0. The molecule has 0 heterocycles. The van der Waals surface area contributed by atoms with Gasteiger partial charge in [-0.25, -0.2) is 0 Å². The highest BCUT2D eigenvalue weighted by Gasteiger charge is 2.16. The lowest BCUT2D eigenvalue weighted by molar-refractivity contribution is 1.57. The van der Waals surface area contributed by atoms with Gasteiger partial charge in [-0.15, -0.1) is 0 Å². The van der Waals surface area contributed by atoms with Gasteiger partial charge < -0.3 is 0 Å². The van der Waals surface area contributed by atoms with Crippen LogP contribution in [0.25, 0.3) is 54.9 Å². The zero-order valence-electron chi connectivity index (χ0n) is 18.0. The molecule has 0 bridgehead atoms. The second kappa shape index (κ2) is 8.24. The molecule has 6 aromatic rings. The molecule has 0 radical (unpaired) electrons. The molecule has 0 spiro atoms. The van der Waals surface area contributed by atoms with Crippen LogP contribution >= 0.6 is 11.6 Å². The molecule has 0 fully saturated rings. The Bertz CT molecular complexity index is 1600. The predicted octanol–water partition coefficient (Wildman–Crippen LogP) is 9.65. The van der Waals surface area contributed by atoms with Crippen LogP contribution in [0.2, 0.25) is 5.02 Å². The molecule has 0 atom stereocenters. The molecule has 6 rings (SSSR count). The molecule has 0 aliphatic rings. The fourth-order valence-electron chi connectivity index (χ4n) is 4.77. The van der Waals surface area contributed by atoms with E-state index in [-0.39, 0.29) is 0 Å². The van der Waals surface area contributed by atoms with E-state index >= 15 is 0 Å². The molecule has 0 aromatic heterocycles. The summed E-state index contributed by atoms with van der Waals surface area (Å²) in [6, 6.07) is 44.9. The van der Waals surface area contributed by atoms with Gasteiger partial charge in [-0.1, -0.05) is 127 Å². The summed E-state index contributed by atoms with van der Waals surface area (Å²) in [5.41, 5.74) is 6.86. The van der Waals surface area contributed by atoms with E-state index in [1.807, 2.05) is 12.1 Å². The van der Waals surface area contributed by atoms with Crippen molar-refractivity contribution in [3.8, 4) is 33.4 Å². The molecular weight excluding hydrogens is 420 g/mol. The number of halogens is 1. The Hall–Kier alpha value is -3.87. The summed E-state index contributed by atoms with van der Waals surface area (Å²) in [6.45, 7) is 0. The Morgan fingerprint density at radius 1 is 0.364 bits per heavy atom. The van der Waals surface area contributed by atoms with Crippen LogP contribution in [-0.2, 0) is 0 Å². The SMILES string of the molecule is Clc1cc(-c2ccccc2)c(-c2cccc3c2ccc2ccccc23)cc1-c1ccccc1. The molecule has 0 N–H and O–H groups in total. The topological polar surface area (TPSA) is 0 Å². The van der Waals surface area contributed by atoms with Crippen molar-refractivity contribution in [2.24, 2.45) is 0 Å². The quantitative estimate of drug-likeness (QED) is 0.240. The Labute approximate surface area is 198 Å². The number of rotatable bonds is 3. The minimum Gasteiger partial charge on any atom is -0.0836 e. The Balaban J connectivity index is 1.69. The smallest absolute Gasteiger partial charge is 0.0491 e. The summed E-state index contributed by atoms with van der Waals surface area (Å²) in [7, 11) is 0. The summed E-state index contributed by atoms with van der Waals surface area (Å²) < 4.78 is 0. The van der Waals surface area contributed by atoms with E-state index in [4.69, 9.17) is 11.6 Å². The van der Waals surface area contributed by atoms with Crippen LogP contribution in [0.1, 0.15) is 0 Å². The maximum Gasteiger partial charge on any atom is 0.0491 e. The average Bonchev–Trinajstić information content (AvgIpc) is 2.89. The van der Waals surface area contributed by atoms with Crippen molar-refractivity contribution in [2.45, 2.75) is 0 Å². The molecule has 0 saturated heterocycles. The number of benzene rings is 6. The maximum absolute atomic E-state index is 6.87. The maximum atomic E-state index is 6.87. The first-order chi connectivity index (χ1) is 16.3. The Morgan fingerprint density at radius 2 is 1.00 bits per heavy atom. The minimum atomic E-state index is 0.759. The molecule has 0 aliphatic heterocycles. The molecule has 0 nitrogen and oxygen atoms in total. The highest BCUT2D eigenvalue weighted by Crippen LogP contribution is 2.43. The van der Waals surface area contributed by atoms with E-state index in [1.54, 1.807) is 0 Å². The predicted molar refractivity (Wildman–Crippen MR) is 143 cm³/mol. The Kier molecular flexibility index (Phi) is 4.94. The normalized spacial score (nSPS) is 11.2. The van der Waals surface area contributed by atoms with Gasteiger partial charge in [-0.2, -0.15) is 0 Å². The summed E-state index contributed by atoms with van der Waals surface area (Å²) in [4.78, 5) is 0. The molecule has 0 aliphatic carbocycles. The van der Waals surface area contributed by atoms with Crippen molar-refractivity contribution in [1.29, 1.82) is 0 Å². The van der Waals surface area contributed by atoms with Crippen molar-refractivity contribution in [2.75, 3.05) is 0 Å². The first-order valence-electron chi connectivity index (χ1n) is 11.1. The average molecular weight is 441 g/mol. The van der Waals surface area contributed by atoms with Crippen LogP contribution in [0, 0.1) is 0 Å². The fourth-order valence-corrected chi connectivity index (χ4v) is 5.04. The van der Waals surface area contributed by atoms with Crippen LogP contribution in [0.15, 0.2) is 127 Å². The monoisotopic (exact) mass is 440 g/mol. The van der Waals surface area contributed by atoms with Crippen LogP contribution in [0.3, 0.4) is 0 Å². The van der Waals surface area contributed by atoms with Gasteiger partial charge >= 0.3 is 0 Å². The second-order valence-electron chi connectivity index (χ2n) is 8.30. The lowest BCUT2D eigenvalue weighted by Gasteiger charge is -2.17. The fraction of sp³-hybridized carbons (Fsp3) is 0. The van der Waals surface area contributed by atoms with Crippen molar-refractivity contribution < 1.29 is 0 Å². The second-order valence-corrected chi connectivity index (χ2v) is 8.70. The lowest BCUT2D eigenvalue weighted by Crippen LogP contribution is -1.91. The van der Waals surface area contributed by atoms with Gasteiger partial charge in [0.2, 0.25) is 0 Å². The van der Waals surface area contributed by atoms with E-state index in [0.29, 0.717) is 0 Å². The first-order valence-corrected chi connectivity index (χ1v) is 11.5. The molecule has 0 amide bonds. The highest BCUT2D eigenvalue weighted by molar-refractivity contribution is 6.34. The zero-order chi connectivity index (χ0) is 22.2. The Morgan fingerprint density at radius 3 is 1.76 bits per heavy atom. The van der Waals surface area contributed by atoms with E-state index < -0.39 is 0 Å². The number of hydrogen-bond donors (Lipinski definition) is 0. The van der Waals surface area contributed by atoms with Crippen molar-refractivity contribution in [1.82, 2.24) is 0 Å². The van der Waals surface area contributed by atoms with Gasteiger partial charge in [0, 0.05) is 10.6 Å². The van der Waals surface area contributed by atoms with Crippen LogP contribution < -0.4 is 0 Å². The van der Waals surface area contributed by atoms with Crippen LogP contribution in [-0.4, -0.2) is 0 Å². The molecule has 33 heavy (non-hydrogen) atoms. The third-order valence-electron chi connectivity index (χ3n) is 6.35. The largest absolute Gasteiger partial charge is 0.0836 e. The minimum absolute atomic E-state index is 0.759. The lowest BCUT2D eigenvalue weighted by atomic mass is 9.88. The van der Waals surface area contributed by atoms with Crippen LogP contribution in [0.4, 0.5) is 0 Å². The molecular formula is C32H21Cl. The standard InChI is InChI=1S/C32H21Cl/c33-32-21-29(22-10-3-1-4-11-22)31(20-30(32)23-12-5-2-6-13-23)27-17-9-16-26-25-15-8-7-14-24(25)18-19-28(26)27/h1-21H. The third-order valence-corrected chi connectivity index (χ3v) is 6.67.